The number of fused-ring (bicyclic) bond motifs is 1. The van der Waals surface area contributed by atoms with Crippen LogP contribution in [-0.4, -0.2) is 50.4 Å². The summed E-state index contributed by atoms with van der Waals surface area (Å²) in [6.07, 6.45) is 6.19. The lowest BCUT2D eigenvalue weighted by Crippen LogP contribution is -2.42. The van der Waals surface area contributed by atoms with Crippen LogP contribution >= 0.6 is 11.6 Å². The number of H-pyrrole nitrogens is 1. The van der Waals surface area contributed by atoms with Gasteiger partial charge in [0, 0.05) is 43.0 Å². The number of hydrogen-bond donors (Lipinski definition) is 2. The number of rotatable bonds is 7. The van der Waals surface area contributed by atoms with Crippen molar-refractivity contribution in [2.75, 3.05) is 25.0 Å². The fourth-order valence-corrected chi connectivity index (χ4v) is 5.12. The van der Waals surface area contributed by atoms with E-state index in [0.717, 1.165) is 24.4 Å². The number of carbonyl (C=O) groups is 1. The number of pyridine rings is 1. The third kappa shape index (κ3) is 5.46. The minimum absolute atomic E-state index is 0.0849. The summed E-state index contributed by atoms with van der Waals surface area (Å²) in [5.41, 5.74) is 1.84. The van der Waals surface area contributed by atoms with Gasteiger partial charge in [0.05, 0.1) is 16.8 Å². The molecule has 0 unspecified atom stereocenters. The molecule has 0 spiro atoms. The molecule has 40 heavy (non-hydrogen) atoms. The monoisotopic (exact) mass is 556 g/mol. The number of nitrogens with zero attached hydrogens (tertiary/aromatic N) is 4. The van der Waals surface area contributed by atoms with Crippen LogP contribution in [0.5, 0.6) is 11.5 Å². The number of hydrogen-bond acceptors (Lipinski definition) is 6. The first kappa shape index (κ1) is 25.8. The quantitative estimate of drug-likeness (QED) is 0.235. The lowest BCUT2D eigenvalue weighted by atomic mass is 9.97. The highest BCUT2D eigenvalue weighted by atomic mass is 35.5. The van der Waals surface area contributed by atoms with Gasteiger partial charge in [-0.1, -0.05) is 41.9 Å². The molecule has 202 valence electrons. The summed E-state index contributed by atoms with van der Waals surface area (Å²) >= 11 is 6.12. The van der Waals surface area contributed by atoms with Crippen molar-refractivity contribution >= 4 is 34.4 Å². The van der Waals surface area contributed by atoms with Gasteiger partial charge in [0.1, 0.15) is 17.1 Å². The van der Waals surface area contributed by atoms with E-state index >= 15 is 0 Å². The first-order chi connectivity index (χ1) is 19.5. The van der Waals surface area contributed by atoms with E-state index in [1.165, 1.54) is 0 Å². The van der Waals surface area contributed by atoms with Crippen molar-refractivity contribution in [2.45, 2.75) is 12.8 Å². The van der Waals surface area contributed by atoms with Gasteiger partial charge in [0.2, 0.25) is 0 Å². The second kappa shape index (κ2) is 11.3. The molecule has 6 rings (SSSR count). The van der Waals surface area contributed by atoms with Gasteiger partial charge in [-0.15, -0.1) is 0 Å². The van der Waals surface area contributed by atoms with Gasteiger partial charge in [0.25, 0.3) is 5.91 Å². The number of ether oxygens (including phenoxy) is 1. The zero-order valence-electron chi connectivity index (χ0n) is 21.5. The SMILES string of the molecule is O=C(c1ccccc1Oc1ccccc1)N1CCC[C@@H](CNc2nc(-c3c[nH]c4ncc(Cl)cc34)ncc2F)C1. The molecule has 8 nitrogen and oxygen atoms in total. The Morgan fingerprint density at radius 2 is 1.95 bits per heavy atom. The molecule has 0 saturated carbocycles. The maximum absolute atomic E-state index is 14.7. The highest BCUT2D eigenvalue weighted by Gasteiger charge is 2.27. The number of anilines is 1. The number of aromatic nitrogens is 4. The molecule has 3 aromatic heterocycles. The van der Waals surface area contributed by atoms with E-state index in [0.29, 0.717) is 58.8 Å². The van der Waals surface area contributed by atoms with E-state index in [2.05, 4.69) is 25.3 Å². The van der Waals surface area contributed by atoms with Crippen LogP contribution in [0.1, 0.15) is 23.2 Å². The summed E-state index contributed by atoms with van der Waals surface area (Å²) in [5.74, 6) is 1.14. The zero-order valence-corrected chi connectivity index (χ0v) is 22.2. The third-order valence-electron chi connectivity index (χ3n) is 6.94. The van der Waals surface area contributed by atoms with E-state index in [1.807, 2.05) is 47.4 Å². The van der Waals surface area contributed by atoms with Crippen molar-refractivity contribution in [3.05, 3.63) is 95.7 Å². The molecule has 0 bridgehead atoms. The van der Waals surface area contributed by atoms with Crippen LogP contribution in [0.2, 0.25) is 5.02 Å². The number of amides is 1. The molecule has 1 fully saturated rings. The Hall–Kier alpha value is -4.50. The summed E-state index contributed by atoms with van der Waals surface area (Å²) in [6.45, 7) is 1.65. The number of nitrogens with one attached hydrogen (secondary N) is 2. The smallest absolute Gasteiger partial charge is 0.257 e. The molecule has 1 atom stereocenters. The summed E-state index contributed by atoms with van der Waals surface area (Å²) < 4.78 is 20.7. The Bertz CT molecular complexity index is 1660. The van der Waals surface area contributed by atoms with Crippen LogP contribution in [0.3, 0.4) is 0 Å². The number of likely N-dealkylation sites (tertiary alicyclic amines) is 1. The van der Waals surface area contributed by atoms with Crippen molar-refractivity contribution in [3.8, 4) is 22.9 Å². The second-order valence-electron chi connectivity index (χ2n) is 9.69. The second-order valence-corrected chi connectivity index (χ2v) is 10.1. The molecule has 2 N–H and O–H groups in total. The molecule has 1 aliphatic heterocycles. The van der Waals surface area contributed by atoms with Crippen LogP contribution in [0.15, 0.2) is 79.3 Å². The number of para-hydroxylation sites is 2. The van der Waals surface area contributed by atoms with E-state index in [-0.39, 0.29) is 17.6 Å². The van der Waals surface area contributed by atoms with Gasteiger partial charge < -0.3 is 19.9 Å². The molecule has 1 aliphatic rings. The Kier molecular flexibility index (Phi) is 7.29. The van der Waals surface area contributed by atoms with Gasteiger partial charge in [-0.05, 0) is 49.1 Å². The first-order valence-corrected chi connectivity index (χ1v) is 13.4. The summed E-state index contributed by atoms with van der Waals surface area (Å²) in [7, 11) is 0. The number of carbonyl (C=O) groups excluding carboxylic acids is 1. The van der Waals surface area contributed by atoms with E-state index in [4.69, 9.17) is 16.3 Å². The minimum Gasteiger partial charge on any atom is -0.457 e. The summed E-state index contributed by atoms with van der Waals surface area (Å²) in [4.78, 5) is 31.3. The maximum atomic E-state index is 14.7. The highest BCUT2D eigenvalue weighted by Crippen LogP contribution is 2.30. The Labute approximate surface area is 235 Å². The van der Waals surface area contributed by atoms with Gasteiger partial charge in [-0.3, -0.25) is 4.79 Å². The van der Waals surface area contributed by atoms with Crippen LogP contribution in [0.4, 0.5) is 10.2 Å². The van der Waals surface area contributed by atoms with Gasteiger partial charge >= 0.3 is 0 Å². The number of benzene rings is 2. The van der Waals surface area contributed by atoms with Crippen LogP contribution in [0.25, 0.3) is 22.4 Å². The van der Waals surface area contributed by atoms with Crippen molar-refractivity contribution in [2.24, 2.45) is 5.92 Å². The van der Waals surface area contributed by atoms with Crippen LogP contribution in [-0.2, 0) is 0 Å². The van der Waals surface area contributed by atoms with E-state index < -0.39 is 5.82 Å². The van der Waals surface area contributed by atoms with Crippen LogP contribution < -0.4 is 10.1 Å². The first-order valence-electron chi connectivity index (χ1n) is 13.1. The number of piperidine rings is 1. The molecule has 1 saturated heterocycles. The van der Waals surface area contributed by atoms with Crippen molar-refractivity contribution < 1.29 is 13.9 Å². The van der Waals surface area contributed by atoms with Crippen LogP contribution in [0, 0.1) is 11.7 Å². The minimum atomic E-state index is -0.546. The third-order valence-corrected chi connectivity index (χ3v) is 7.14. The molecular weight excluding hydrogens is 531 g/mol. The van der Waals surface area contributed by atoms with Gasteiger partial charge in [0.15, 0.2) is 17.5 Å². The molecule has 0 aliphatic carbocycles. The Morgan fingerprint density at radius 3 is 2.83 bits per heavy atom. The largest absolute Gasteiger partial charge is 0.457 e. The van der Waals surface area contributed by atoms with E-state index in [9.17, 15) is 9.18 Å². The van der Waals surface area contributed by atoms with Gasteiger partial charge in [-0.25, -0.2) is 19.3 Å². The van der Waals surface area contributed by atoms with E-state index in [1.54, 1.807) is 30.6 Å². The lowest BCUT2D eigenvalue weighted by molar-refractivity contribution is 0.0677. The molecule has 2 aromatic carbocycles. The predicted molar refractivity (Wildman–Crippen MR) is 152 cm³/mol. The van der Waals surface area contributed by atoms with Crippen molar-refractivity contribution in [1.82, 2.24) is 24.8 Å². The normalized spacial score (nSPS) is 15.2. The number of halogens is 2. The fourth-order valence-electron chi connectivity index (χ4n) is 4.96. The average Bonchev–Trinajstić information content (AvgIpc) is 3.40. The molecule has 10 heteroatoms. The summed E-state index contributed by atoms with van der Waals surface area (Å²) in [5, 5.41) is 4.39. The molecule has 4 heterocycles. The Balaban J connectivity index is 1.14. The topological polar surface area (TPSA) is 96.0 Å². The van der Waals surface area contributed by atoms with Crippen molar-refractivity contribution in [3.63, 3.8) is 0 Å². The zero-order chi connectivity index (χ0) is 27.5. The molecular formula is C30H26ClFN6O2. The molecule has 0 radical (unpaired) electrons. The summed E-state index contributed by atoms with van der Waals surface area (Å²) in [6, 6.07) is 18.4. The lowest BCUT2D eigenvalue weighted by Gasteiger charge is -2.33. The van der Waals surface area contributed by atoms with Crippen molar-refractivity contribution in [1.29, 1.82) is 0 Å². The number of aromatic amines is 1. The molecule has 1 amide bonds. The maximum Gasteiger partial charge on any atom is 0.257 e. The molecule has 5 aromatic rings. The fraction of sp³-hybridized carbons (Fsp3) is 0.200. The van der Waals surface area contributed by atoms with Gasteiger partial charge in [-0.2, -0.15) is 0 Å². The average molecular weight is 557 g/mol. The highest BCUT2D eigenvalue weighted by molar-refractivity contribution is 6.31. The predicted octanol–water partition coefficient (Wildman–Crippen LogP) is 6.57. The standard InChI is InChI=1S/C30H26ClFN6O2/c31-20-13-23-24(16-35-27(23)34-15-20)28-36-17-25(32)29(37-28)33-14-19-7-6-12-38(18-19)30(39)22-10-4-5-11-26(22)40-21-8-2-1-3-9-21/h1-5,8-11,13,15-17,19H,6-7,12,14,18H2,(H,34,35)(H,33,36,37)/t19-/m0/s1. The Morgan fingerprint density at radius 1 is 1.12 bits per heavy atom.